The molecule has 0 atom stereocenters. The first-order chi connectivity index (χ1) is 31.0. The van der Waals surface area contributed by atoms with Crippen LogP contribution in [0.5, 0.6) is 0 Å². The Bertz CT molecular complexity index is 2150. The molecule has 0 saturated carbocycles. The van der Waals surface area contributed by atoms with E-state index in [1.807, 2.05) is 96.1 Å². The van der Waals surface area contributed by atoms with Crippen molar-refractivity contribution in [2.24, 2.45) is 23.5 Å². The zero-order chi connectivity index (χ0) is 49.9. The van der Waals surface area contributed by atoms with E-state index in [0.717, 1.165) is 40.9 Å². The number of amides is 2. The standard InChI is InChI=1S/C17H28N2O2.C17H24N2O2.C13H17N.C8H5NO/c2*1-13(2)11-19(16(20)21-17(3,4)5)12-15-8-6-14(10-18)7-9-15;1-11(2)4-3-5-12-6-8-13(10-14)9-7-12;9-5-7-1-3-8(6-10)4-2-7/h6-9,13H,10-12,18H2,1-5H3;6-9,13H,11-12H2,1-5H3;6-9,11H,3-5H2,1-2H3;1-4,6H. The van der Waals surface area contributed by atoms with Crippen molar-refractivity contribution in [3.63, 3.8) is 0 Å². The number of rotatable bonds is 14. The second-order valence-corrected chi connectivity index (χ2v) is 19.3. The molecule has 4 aromatic carbocycles. The molecule has 11 heteroatoms. The van der Waals surface area contributed by atoms with Gasteiger partial charge in [0.05, 0.1) is 34.9 Å². The van der Waals surface area contributed by atoms with Gasteiger partial charge in [0.25, 0.3) is 0 Å². The summed E-state index contributed by atoms with van der Waals surface area (Å²) < 4.78 is 10.9. The van der Waals surface area contributed by atoms with Crippen LogP contribution in [0.15, 0.2) is 97.1 Å². The minimum Gasteiger partial charge on any atom is -0.444 e. The molecule has 2 amide bonds. The van der Waals surface area contributed by atoms with Crippen LogP contribution in [0.25, 0.3) is 0 Å². The zero-order valence-electron chi connectivity index (χ0n) is 41.6. The molecule has 0 unspecified atom stereocenters. The van der Waals surface area contributed by atoms with E-state index in [-0.39, 0.29) is 12.2 Å². The molecule has 66 heavy (non-hydrogen) atoms. The Hall–Kier alpha value is -6.48. The van der Waals surface area contributed by atoms with Gasteiger partial charge in [-0.1, -0.05) is 109 Å². The third kappa shape index (κ3) is 26.3. The summed E-state index contributed by atoms with van der Waals surface area (Å²) in [5, 5.41) is 25.8. The third-order valence-corrected chi connectivity index (χ3v) is 9.07. The van der Waals surface area contributed by atoms with Crippen LogP contribution in [-0.4, -0.2) is 52.6 Å². The number of hydrogen-bond acceptors (Lipinski definition) is 9. The van der Waals surface area contributed by atoms with Crippen LogP contribution in [0.3, 0.4) is 0 Å². The van der Waals surface area contributed by atoms with Gasteiger partial charge in [-0.3, -0.25) is 4.79 Å². The molecule has 0 aliphatic rings. The molecule has 0 radical (unpaired) electrons. The summed E-state index contributed by atoms with van der Waals surface area (Å²) in [6.45, 7) is 26.9. The predicted octanol–water partition coefficient (Wildman–Crippen LogP) is 12.4. The van der Waals surface area contributed by atoms with E-state index in [0.29, 0.717) is 61.2 Å². The molecule has 0 bridgehead atoms. The molecule has 354 valence electrons. The van der Waals surface area contributed by atoms with Crippen molar-refractivity contribution in [2.75, 3.05) is 13.1 Å². The first-order valence-electron chi connectivity index (χ1n) is 22.7. The molecule has 4 rings (SSSR count). The smallest absolute Gasteiger partial charge is 0.410 e. The summed E-state index contributed by atoms with van der Waals surface area (Å²) >= 11 is 0. The Kier molecular flexibility index (Phi) is 26.0. The molecule has 0 saturated heterocycles. The number of nitrogens with two attached hydrogens (primary N) is 1. The van der Waals surface area contributed by atoms with Crippen LogP contribution >= 0.6 is 0 Å². The van der Waals surface area contributed by atoms with Crippen molar-refractivity contribution in [1.82, 2.24) is 9.80 Å². The van der Waals surface area contributed by atoms with Gasteiger partial charge in [0.2, 0.25) is 0 Å². The van der Waals surface area contributed by atoms with E-state index in [2.05, 4.69) is 65.8 Å². The Morgan fingerprint density at radius 2 is 0.894 bits per heavy atom. The first kappa shape index (κ1) is 57.5. The molecule has 0 fully saturated rings. The number of hydrogen-bond donors (Lipinski definition) is 1. The minimum absolute atomic E-state index is 0.265. The Balaban J connectivity index is 0.000000456. The van der Waals surface area contributed by atoms with Gasteiger partial charge in [-0.05, 0) is 131 Å². The highest BCUT2D eigenvalue weighted by molar-refractivity contribution is 5.74. The monoisotopic (exact) mass is 899 g/mol. The molecular formula is C55H74N6O5. The number of nitrogens with zero attached hydrogens (tertiary/aromatic N) is 5. The van der Waals surface area contributed by atoms with Crippen molar-refractivity contribution in [3.05, 3.63) is 142 Å². The molecule has 0 aliphatic carbocycles. The number of carbonyl (C=O) groups excluding carboxylic acids is 3. The van der Waals surface area contributed by atoms with Gasteiger partial charge in [-0.25, -0.2) is 9.59 Å². The summed E-state index contributed by atoms with van der Waals surface area (Å²) in [6.07, 6.45) is 3.83. The number of ether oxygens (including phenoxy) is 2. The molecule has 4 aromatic rings. The Morgan fingerprint density at radius 3 is 1.20 bits per heavy atom. The van der Waals surface area contributed by atoms with Gasteiger partial charge in [-0.2, -0.15) is 15.8 Å². The average Bonchev–Trinajstić information content (AvgIpc) is 3.26. The van der Waals surface area contributed by atoms with Crippen molar-refractivity contribution in [3.8, 4) is 18.2 Å². The zero-order valence-corrected chi connectivity index (χ0v) is 41.6. The lowest BCUT2D eigenvalue weighted by Crippen LogP contribution is -2.38. The Morgan fingerprint density at radius 1 is 0.561 bits per heavy atom. The fourth-order valence-electron chi connectivity index (χ4n) is 5.94. The van der Waals surface area contributed by atoms with Crippen LogP contribution in [0.4, 0.5) is 9.59 Å². The minimum atomic E-state index is -0.503. The molecule has 0 spiro atoms. The van der Waals surface area contributed by atoms with Gasteiger partial charge >= 0.3 is 12.2 Å². The second kappa shape index (κ2) is 29.9. The number of benzene rings is 4. The van der Waals surface area contributed by atoms with Crippen LogP contribution in [0.2, 0.25) is 0 Å². The second-order valence-electron chi connectivity index (χ2n) is 19.3. The first-order valence-corrected chi connectivity index (χ1v) is 22.7. The van der Waals surface area contributed by atoms with E-state index in [1.165, 1.54) is 18.4 Å². The quantitative estimate of drug-likeness (QED) is 0.121. The predicted molar refractivity (Wildman–Crippen MR) is 264 cm³/mol. The lowest BCUT2D eigenvalue weighted by Gasteiger charge is -2.28. The fraction of sp³-hybridized carbons (Fsp3) is 0.455. The van der Waals surface area contributed by atoms with Crippen molar-refractivity contribution < 1.29 is 23.9 Å². The third-order valence-electron chi connectivity index (χ3n) is 9.07. The van der Waals surface area contributed by atoms with Gasteiger partial charge in [0, 0.05) is 38.3 Å². The van der Waals surface area contributed by atoms with E-state index in [4.69, 9.17) is 31.0 Å². The van der Waals surface area contributed by atoms with Gasteiger partial charge < -0.3 is 25.0 Å². The molecule has 2 N–H and O–H groups in total. The topological polar surface area (TPSA) is 174 Å². The van der Waals surface area contributed by atoms with E-state index in [1.54, 1.807) is 46.2 Å². The summed E-state index contributed by atoms with van der Waals surface area (Å²) in [4.78, 5) is 38.2. The largest absolute Gasteiger partial charge is 0.444 e. The summed E-state index contributed by atoms with van der Waals surface area (Å²) in [5.41, 5.74) is 11.7. The maximum Gasteiger partial charge on any atom is 0.410 e. The van der Waals surface area contributed by atoms with Crippen LogP contribution in [-0.2, 0) is 35.5 Å². The summed E-state index contributed by atoms with van der Waals surface area (Å²) in [7, 11) is 0. The fourth-order valence-corrected chi connectivity index (χ4v) is 5.94. The molecule has 0 aliphatic heterocycles. The van der Waals surface area contributed by atoms with Gasteiger partial charge in [0.15, 0.2) is 0 Å². The number of aryl methyl sites for hydroxylation is 1. The van der Waals surface area contributed by atoms with Gasteiger partial charge in [-0.15, -0.1) is 0 Å². The summed E-state index contributed by atoms with van der Waals surface area (Å²) in [6, 6.07) is 35.8. The lowest BCUT2D eigenvalue weighted by molar-refractivity contribution is 0.0202. The van der Waals surface area contributed by atoms with Crippen LogP contribution in [0.1, 0.15) is 145 Å². The lowest BCUT2D eigenvalue weighted by atomic mass is 10.0. The normalized spacial score (nSPS) is 10.6. The SMILES string of the molecule is CC(C)CCCc1ccc(C#N)cc1.CC(C)CN(Cc1ccc(C#N)cc1)C(=O)OC(C)(C)C.CC(C)CN(Cc1ccc(CN)cc1)C(=O)OC(C)(C)C.N#Cc1ccc(C=O)cc1. The highest BCUT2D eigenvalue weighted by Gasteiger charge is 2.24. The molecule has 0 aromatic heterocycles. The van der Waals surface area contributed by atoms with E-state index in [9.17, 15) is 14.4 Å². The molecule has 0 heterocycles. The maximum atomic E-state index is 12.3. The number of carbonyl (C=O) groups is 3. The highest BCUT2D eigenvalue weighted by atomic mass is 16.6. The average molecular weight is 899 g/mol. The van der Waals surface area contributed by atoms with Crippen LogP contribution < -0.4 is 5.73 Å². The summed E-state index contributed by atoms with van der Waals surface area (Å²) in [5.74, 6) is 1.53. The van der Waals surface area contributed by atoms with Crippen molar-refractivity contribution >= 4 is 18.5 Å². The maximum absolute atomic E-state index is 12.3. The van der Waals surface area contributed by atoms with Crippen molar-refractivity contribution in [2.45, 2.75) is 133 Å². The molecular weight excluding hydrogens is 825 g/mol. The van der Waals surface area contributed by atoms with E-state index >= 15 is 0 Å². The molecule has 11 nitrogen and oxygen atoms in total. The Labute approximate surface area is 396 Å². The van der Waals surface area contributed by atoms with Gasteiger partial charge in [0.1, 0.15) is 17.5 Å². The number of aldehydes is 1. The number of nitriles is 3. The van der Waals surface area contributed by atoms with Crippen LogP contribution in [0, 0.1) is 51.7 Å². The van der Waals surface area contributed by atoms with Crippen molar-refractivity contribution in [1.29, 1.82) is 15.8 Å². The van der Waals surface area contributed by atoms with E-state index < -0.39 is 11.2 Å². The highest BCUT2D eigenvalue weighted by Crippen LogP contribution is 2.17.